The fourth-order valence-corrected chi connectivity index (χ4v) is 0.348. The summed E-state index contributed by atoms with van der Waals surface area (Å²) in [6.07, 6.45) is -0.821. The second kappa shape index (κ2) is 3.80. The number of carboxylic acid groups (broad SMARTS) is 2. The van der Waals surface area contributed by atoms with Crippen LogP contribution in [-0.2, 0) is 9.59 Å². The highest BCUT2D eigenvalue weighted by Crippen LogP contribution is 1.85. The van der Waals surface area contributed by atoms with E-state index in [1.807, 2.05) is 0 Å². The van der Waals surface area contributed by atoms with E-state index in [0.29, 0.717) is 0 Å². The van der Waals surface area contributed by atoms with Gasteiger partial charge in [-0.3, -0.25) is 0 Å². The van der Waals surface area contributed by atoms with Crippen LogP contribution in [0, 0.1) is 0 Å². The number of carboxylic acids is 2. The number of aliphatic carboxylic acids is 2. The Kier molecular flexibility index (Phi) is 3.37. The van der Waals surface area contributed by atoms with Crippen molar-refractivity contribution in [1.29, 1.82) is 0 Å². The fraction of sp³-hybridized carbons (Fsp3) is 0.500. The summed E-state index contributed by atoms with van der Waals surface area (Å²) in [6, 6.07) is -1.61. The molecule has 0 aromatic carbocycles. The molecule has 0 saturated carbocycles. The predicted octanol–water partition coefficient (Wildman–Crippen LogP) is -3.78. The van der Waals surface area contributed by atoms with Crippen molar-refractivity contribution in [2.45, 2.75) is 12.5 Å². The quantitative estimate of drug-likeness (QED) is 0.394. The Morgan fingerprint density at radius 3 is 2.10 bits per heavy atom. The molecule has 0 rings (SSSR count). The first kappa shape index (κ1) is 8.86. The maximum Gasteiger partial charge on any atom is 0.0766 e. The fourth-order valence-electron chi connectivity index (χ4n) is 0.348. The number of rotatable bonds is 4. The van der Waals surface area contributed by atoms with Gasteiger partial charge in [-0.1, -0.05) is 0 Å². The molecule has 0 aliphatic heterocycles. The molecule has 0 aromatic rings. The molecule has 0 fully saturated rings. The SMILES string of the molecule is O=C([O-])C[C@H](NO)C(=O)[O-]. The lowest BCUT2D eigenvalue weighted by molar-refractivity contribution is -0.319. The molecule has 0 saturated heterocycles. The molecule has 0 unspecified atom stereocenters. The van der Waals surface area contributed by atoms with Gasteiger partial charge in [-0.05, 0) is 0 Å². The molecule has 58 valence electrons. The van der Waals surface area contributed by atoms with Crippen LogP contribution in [-0.4, -0.2) is 23.2 Å². The molecule has 0 amide bonds. The van der Waals surface area contributed by atoms with Crippen LogP contribution >= 0.6 is 0 Å². The van der Waals surface area contributed by atoms with E-state index in [-0.39, 0.29) is 0 Å². The summed E-state index contributed by atoms with van der Waals surface area (Å²) < 4.78 is 0. The summed E-state index contributed by atoms with van der Waals surface area (Å²) >= 11 is 0. The monoisotopic (exact) mass is 147 g/mol. The third kappa shape index (κ3) is 3.00. The van der Waals surface area contributed by atoms with Crippen LogP contribution in [0.3, 0.4) is 0 Å². The Labute approximate surface area is 56.0 Å². The van der Waals surface area contributed by atoms with Crippen molar-refractivity contribution in [3.63, 3.8) is 0 Å². The zero-order chi connectivity index (χ0) is 8.15. The van der Waals surface area contributed by atoms with Gasteiger partial charge in [-0.15, -0.1) is 0 Å². The molecule has 0 aliphatic carbocycles. The van der Waals surface area contributed by atoms with Gasteiger partial charge in [-0.2, -0.15) is 5.48 Å². The first-order valence-corrected chi connectivity index (χ1v) is 2.38. The van der Waals surface area contributed by atoms with E-state index in [0.717, 1.165) is 0 Å². The second-order valence-electron chi connectivity index (χ2n) is 1.58. The number of carbonyl (C=O) groups excluding carboxylic acids is 2. The lowest BCUT2D eigenvalue weighted by Crippen LogP contribution is -2.47. The van der Waals surface area contributed by atoms with Gasteiger partial charge in [0.2, 0.25) is 0 Å². The Morgan fingerprint density at radius 2 is 2.00 bits per heavy atom. The van der Waals surface area contributed by atoms with E-state index in [9.17, 15) is 19.8 Å². The molecule has 0 bridgehead atoms. The lowest BCUT2D eigenvalue weighted by Gasteiger charge is -2.15. The number of nitrogens with one attached hydrogen (secondary N) is 1. The molecule has 0 aromatic heterocycles. The Hall–Kier alpha value is -1.14. The standard InChI is InChI=1S/C4H7NO5/c6-3(7)1-2(5-10)4(8)9/h2,5,10H,1H2,(H,6,7)(H,8,9)/p-2/t2-/m0/s1. The number of hydroxylamine groups is 1. The molecule has 1 atom stereocenters. The average molecular weight is 147 g/mol. The van der Waals surface area contributed by atoms with Crippen molar-refractivity contribution in [2.24, 2.45) is 0 Å². The minimum absolute atomic E-state index is 0.821. The first-order valence-electron chi connectivity index (χ1n) is 2.38. The molecule has 0 radical (unpaired) electrons. The van der Waals surface area contributed by atoms with Gasteiger partial charge < -0.3 is 25.0 Å². The van der Waals surface area contributed by atoms with Gasteiger partial charge in [0.15, 0.2) is 0 Å². The molecular formula is C4H5NO5-2. The topological polar surface area (TPSA) is 113 Å². The van der Waals surface area contributed by atoms with Crippen LogP contribution in [0.4, 0.5) is 0 Å². The van der Waals surface area contributed by atoms with Crippen LogP contribution in [0.2, 0.25) is 0 Å². The van der Waals surface area contributed by atoms with Gasteiger partial charge in [-0.25, -0.2) is 0 Å². The third-order valence-electron chi connectivity index (χ3n) is 0.811. The Balaban J connectivity index is 3.83. The summed E-state index contributed by atoms with van der Waals surface area (Å²) in [7, 11) is 0. The van der Waals surface area contributed by atoms with Crippen molar-refractivity contribution in [1.82, 2.24) is 5.48 Å². The molecule has 6 nitrogen and oxygen atoms in total. The van der Waals surface area contributed by atoms with Crippen molar-refractivity contribution >= 4 is 11.9 Å². The number of hydrogen-bond acceptors (Lipinski definition) is 6. The van der Waals surface area contributed by atoms with E-state index in [1.165, 1.54) is 5.48 Å². The van der Waals surface area contributed by atoms with E-state index < -0.39 is 24.4 Å². The highest BCUT2D eigenvalue weighted by atomic mass is 16.5. The van der Waals surface area contributed by atoms with Crippen LogP contribution in [0.25, 0.3) is 0 Å². The lowest BCUT2D eigenvalue weighted by atomic mass is 10.2. The average Bonchev–Trinajstić information content (AvgIpc) is 1.81. The van der Waals surface area contributed by atoms with Crippen LogP contribution in [0.5, 0.6) is 0 Å². The van der Waals surface area contributed by atoms with Crippen LogP contribution in [0.1, 0.15) is 6.42 Å². The Bertz CT molecular complexity index is 145. The summed E-state index contributed by atoms with van der Waals surface area (Å²) in [5.41, 5.74) is 1.25. The highest BCUT2D eigenvalue weighted by molar-refractivity contribution is 5.78. The minimum atomic E-state index is -1.69. The van der Waals surface area contributed by atoms with Crippen molar-refractivity contribution in [3.8, 4) is 0 Å². The largest absolute Gasteiger partial charge is 0.550 e. The molecular weight excluding hydrogens is 142 g/mol. The van der Waals surface area contributed by atoms with Gasteiger partial charge in [0.25, 0.3) is 0 Å². The molecule has 0 aliphatic rings. The number of carbonyl (C=O) groups is 2. The van der Waals surface area contributed by atoms with Crippen LogP contribution < -0.4 is 15.7 Å². The van der Waals surface area contributed by atoms with E-state index in [1.54, 1.807) is 0 Å². The van der Waals surface area contributed by atoms with Crippen molar-refractivity contribution in [3.05, 3.63) is 0 Å². The molecule has 10 heavy (non-hydrogen) atoms. The van der Waals surface area contributed by atoms with Crippen molar-refractivity contribution in [2.75, 3.05) is 0 Å². The zero-order valence-corrected chi connectivity index (χ0v) is 4.86. The highest BCUT2D eigenvalue weighted by Gasteiger charge is 2.06. The van der Waals surface area contributed by atoms with E-state index >= 15 is 0 Å². The van der Waals surface area contributed by atoms with E-state index in [4.69, 9.17) is 5.21 Å². The second-order valence-corrected chi connectivity index (χ2v) is 1.58. The minimum Gasteiger partial charge on any atom is -0.550 e. The predicted molar refractivity (Wildman–Crippen MR) is 23.3 cm³/mol. The third-order valence-corrected chi connectivity index (χ3v) is 0.811. The number of hydrogen-bond donors (Lipinski definition) is 2. The summed E-state index contributed by atoms with van der Waals surface area (Å²) in [6.45, 7) is 0. The summed E-state index contributed by atoms with van der Waals surface area (Å²) in [4.78, 5) is 19.6. The summed E-state index contributed by atoms with van der Waals surface area (Å²) in [5.74, 6) is -3.26. The molecule has 2 N–H and O–H groups in total. The molecule has 6 heteroatoms. The summed E-state index contributed by atoms with van der Waals surface area (Å²) in [5, 5.41) is 27.5. The van der Waals surface area contributed by atoms with Crippen molar-refractivity contribution < 1.29 is 25.0 Å². The molecule has 0 spiro atoms. The maximum absolute atomic E-state index is 9.84. The van der Waals surface area contributed by atoms with Gasteiger partial charge in [0, 0.05) is 12.4 Å². The van der Waals surface area contributed by atoms with Gasteiger partial charge >= 0.3 is 0 Å². The van der Waals surface area contributed by atoms with Crippen LogP contribution in [0.15, 0.2) is 0 Å². The first-order chi connectivity index (χ1) is 4.57. The smallest absolute Gasteiger partial charge is 0.0766 e. The van der Waals surface area contributed by atoms with Gasteiger partial charge in [0.05, 0.1) is 12.0 Å². The molecule has 0 heterocycles. The maximum atomic E-state index is 9.84. The Morgan fingerprint density at radius 1 is 1.50 bits per heavy atom. The zero-order valence-electron chi connectivity index (χ0n) is 4.86. The van der Waals surface area contributed by atoms with E-state index in [2.05, 4.69) is 0 Å². The normalized spacial score (nSPS) is 12.5. The van der Waals surface area contributed by atoms with Gasteiger partial charge in [0.1, 0.15) is 0 Å².